The van der Waals surface area contributed by atoms with Gasteiger partial charge in [0, 0.05) is 43.9 Å². The quantitative estimate of drug-likeness (QED) is 0.549. The molecular formula is C24H28N4O3. The first kappa shape index (κ1) is 21.0. The van der Waals surface area contributed by atoms with Crippen molar-refractivity contribution in [2.45, 2.75) is 38.5 Å². The second-order valence-electron chi connectivity index (χ2n) is 7.96. The standard InChI is InChI=1S/C24H28N4O3/c1-30-21-6-4-18(5-7-21)2-3-19-12-16-28(17-13-19)23(29)9-8-22-26-24(27-31-22)20-10-14-25-15-11-20/h4-7,10-11,14-15,19H,2-3,8-9,12-13,16-17H2,1H3. The first-order valence-electron chi connectivity index (χ1n) is 10.8. The number of rotatable bonds is 8. The Morgan fingerprint density at radius 2 is 1.84 bits per heavy atom. The average Bonchev–Trinajstić information content (AvgIpc) is 3.31. The molecule has 31 heavy (non-hydrogen) atoms. The predicted molar refractivity (Wildman–Crippen MR) is 116 cm³/mol. The van der Waals surface area contributed by atoms with Crippen LogP contribution >= 0.6 is 0 Å². The monoisotopic (exact) mass is 420 g/mol. The van der Waals surface area contributed by atoms with Gasteiger partial charge < -0.3 is 14.2 Å². The summed E-state index contributed by atoms with van der Waals surface area (Å²) in [5.41, 5.74) is 2.19. The van der Waals surface area contributed by atoms with E-state index in [1.165, 1.54) is 5.56 Å². The molecule has 0 spiro atoms. The minimum atomic E-state index is 0.164. The lowest BCUT2D eigenvalue weighted by atomic mass is 9.90. The molecule has 0 saturated carbocycles. The maximum Gasteiger partial charge on any atom is 0.227 e. The van der Waals surface area contributed by atoms with Crippen LogP contribution in [0.2, 0.25) is 0 Å². The third kappa shape index (κ3) is 5.69. The summed E-state index contributed by atoms with van der Waals surface area (Å²) >= 11 is 0. The first-order valence-corrected chi connectivity index (χ1v) is 10.8. The number of piperidine rings is 1. The second-order valence-corrected chi connectivity index (χ2v) is 7.96. The van der Waals surface area contributed by atoms with Gasteiger partial charge in [-0.2, -0.15) is 4.98 Å². The Kier molecular flexibility index (Phi) is 6.92. The van der Waals surface area contributed by atoms with E-state index in [9.17, 15) is 4.79 Å². The molecule has 0 aliphatic carbocycles. The maximum atomic E-state index is 12.6. The Labute approximate surface area is 182 Å². The molecule has 1 aromatic carbocycles. The summed E-state index contributed by atoms with van der Waals surface area (Å²) in [5.74, 6) is 2.75. The summed E-state index contributed by atoms with van der Waals surface area (Å²) in [6.45, 7) is 1.66. The summed E-state index contributed by atoms with van der Waals surface area (Å²) in [4.78, 5) is 23.0. The van der Waals surface area contributed by atoms with Crippen LogP contribution in [0.4, 0.5) is 0 Å². The van der Waals surface area contributed by atoms with Gasteiger partial charge in [-0.3, -0.25) is 9.78 Å². The van der Waals surface area contributed by atoms with E-state index in [1.54, 1.807) is 19.5 Å². The minimum Gasteiger partial charge on any atom is -0.497 e. The van der Waals surface area contributed by atoms with Crippen molar-refractivity contribution in [3.05, 3.63) is 60.2 Å². The summed E-state index contributed by atoms with van der Waals surface area (Å²) in [6, 6.07) is 12.0. The Bertz CT molecular complexity index is 964. The Morgan fingerprint density at radius 1 is 1.10 bits per heavy atom. The molecular weight excluding hydrogens is 392 g/mol. The predicted octanol–water partition coefficient (Wildman–Crippen LogP) is 3.94. The zero-order valence-corrected chi connectivity index (χ0v) is 17.9. The molecule has 0 unspecified atom stereocenters. The first-order chi connectivity index (χ1) is 15.2. The lowest BCUT2D eigenvalue weighted by molar-refractivity contribution is -0.132. The smallest absolute Gasteiger partial charge is 0.227 e. The van der Waals surface area contributed by atoms with Crippen LogP contribution in [0.3, 0.4) is 0 Å². The van der Waals surface area contributed by atoms with Crippen LogP contribution < -0.4 is 4.74 Å². The van der Waals surface area contributed by atoms with Crippen molar-refractivity contribution in [2.75, 3.05) is 20.2 Å². The molecule has 1 aliphatic rings. The number of nitrogens with zero attached hydrogens (tertiary/aromatic N) is 4. The van der Waals surface area contributed by atoms with Gasteiger partial charge in [-0.05, 0) is 61.4 Å². The van der Waals surface area contributed by atoms with Crippen molar-refractivity contribution in [2.24, 2.45) is 5.92 Å². The number of carbonyl (C=O) groups excluding carboxylic acids is 1. The molecule has 1 amide bonds. The van der Waals surface area contributed by atoms with Gasteiger partial charge in [0.05, 0.1) is 7.11 Å². The Hall–Kier alpha value is -3.22. The van der Waals surface area contributed by atoms with Gasteiger partial charge in [-0.15, -0.1) is 0 Å². The molecule has 0 N–H and O–H groups in total. The SMILES string of the molecule is COc1ccc(CCC2CCN(C(=O)CCc3nc(-c4ccncc4)no3)CC2)cc1. The lowest BCUT2D eigenvalue weighted by Gasteiger charge is -2.32. The number of aryl methyl sites for hydroxylation is 2. The van der Waals surface area contributed by atoms with Crippen LogP contribution in [0.15, 0.2) is 53.3 Å². The Balaban J connectivity index is 1.18. The van der Waals surface area contributed by atoms with Gasteiger partial charge >= 0.3 is 0 Å². The van der Waals surface area contributed by atoms with E-state index in [-0.39, 0.29) is 5.91 Å². The fraction of sp³-hybridized carbons (Fsp3) is 0.417. The molecule has 1 fully saturated rings. The molecule has 1 saturated heterocycles. The molecule has 162 valence electrons. The van der Waals surface area contributed by atoms with Gasteiger partial charge in [0.2, 0.25) is 17.6 Å². The number of methoxy groups -OCH3 is 1. The van der Waals surface area contributed by atoms with Crippen LogP contribution in [0, 0.1) is 5.92 Å². The zero-order chi connectivity index (χ0) is 21.5. The van der Waals surface area contributed by atoms with E-state index >= 15 is 0 Å². The minimum absolute atomic E-state index is 0.164. The number of carbonyl (C=O) groups is 1. The van der Waals surface area contributed by atoms with Gasteiger partial charge in [0.15, 0.2) is 0 Å². The molecule has 7 heteroatoms. The molecule has 3 heterocycles. The summed E-state index contributed by atoms with van der Waals surface area (Å²) in [7, 11) is 1.69. The molecule has 0 radical (unpaired) electrons. The summed E-state index contributed by atoms with van der Waals surface area (Å²) in [6.07, 6.45) is 8.60. The highest BCUT2D eigenvalue weighted by Crippen LogP contribution is 2.24. The third-order valence-corrected chi connectivity index (χ3v) is 5.93. The molecule has 3 aromatic rings. The van der Waals surface area contributed by atoms with Gasteiger partial charge in [0.25, 0.3) is 0 Å². The number of pyridine rings is 1. The highest BCUT2D eigenvalue weighted by atomic mass is 16.5. The van der Waals surface area contributed by atoms with E-state index in [0.29, 0.717) is 30.5 Å². The summed E-state index contributed by atoms with van der Waals surface area (Å²) in [5, 5.41) is 4.00. The molecule has 1 aliphatic heterocycles. The lowest BCUT2D eigenvalue weighted by Crippen LogP contribution is -2.38. The number of amides is 1. The highest BCUT2D eigenvalue weighted by Gasteiger charge is 2.23. The molecule has 0 bridgehead atoms. The fourth-order valence-electron chi connectivity index (χ4n) is 3.98. The highest BCUT2D eigenvalue weighted by molar-refractivity contribution is 5.76. The molecule has 7 nitrogen and oxygen atoms in total. The number of ether oxygens (including phenoxy) is 1. The topological polar surface area (TPSA) is 81.4 Å². The molecule has 0 atom stereocenters. The van der Waals surface area contributed by atoms with Crippen molar-refractivity contribution in [3.63, 3.8) is 0 Å². The number of aromatic nitrogens is 3. The van der Waals surface area contributed by atoms with Crippen LogP contribution in [0.5, 0.6) is 5.75 Å². The van der Waals surface area contributed by atoms with Crippen LogP contribution in [-0.4, -0.2) is 46.1 Å². The van der Waals surface area contributed by atoms with Gasteiger partial charge in [0.1, 0.15) is 5.75 Å². The van der Waals surface area contributed by atoms with Gasteiger partial charge in [-0.1, -0.05) is 17.3 Å². The van der Waals surface area contributed by atoms with Crippen molar-refractivity contribution in [3.8, 4) is 17.1 Å². The van der Waals surface area contributed by atoms with Crippen LogP contribution in [0.1, 0.15) is 37.1 Å². The van der Waals surface area contributed by atoms with Crippen LogP contribution in [0.25, 0.3) is 11.4 Å². The van der Waals surface area contributed by atoms with E-state index in [0.717, 1.165) is 50.1 Å². The average molecular weight is 421 g/mol. The number of hydrogen-bond acceptors (Lipinski definition) is 6. The molecule has 2 aromatic heterocycles. The van der Waals surface area contributed by atoms with E-state index in [4.69, 9.17) is 9.26 Å². The Morgan fingerprint density at radius 3 is 2.55 bits per heavy atom. The van der Waals surface area contributed by atoms with E-state index < -0.39 is 0 Å². The third-order valence-electron chi connectivity index (χ3n) is 5.93. The van der Waals surface area contributed by atoms with Crippen molar-refractivity contribution < 1.29 is 14.1 Å². The fourth-order valence-corrected chi connectivity index (χ4v) is 3.98. The van der Waals surface area contributed by atoms with Crippen molar-refractivity contribution >= 4 is 5.91 Å². The zero-order valence-electron chi connectivity index (χ0n) is 17.9. The number of likely N-dealkylation sites (tertiary alicyclic amines) is 1. The number of benzene rings is 1. The van der Waals surface area contributed by atoms with E-state index in [2.05, 4.69) is 27.3 Å². The normalized spacial score (nSPS) is 14.5. The van der Waals surface area contributed by atoms with Gasteiger partial charge in [-0.25, -0.2) is 0 Å². The van der Waals surface area contributed by atoms with Crippen molar-refractivity contribution in [1.82, 2.24) is 20.0 Å². The molecule has 4 rings (SSSR count). The van der Waals surface area contributed by atoms with Crippen molar-refractivity contribution in [1.29, 1.82) is 0 Å². The number of hydrogen-bond donors (Lipinski definition) is 0. The van der Waals surface area contributed by atoms with Crippen LogP contribution in [-0.2, 0) is 17.6 Å². The van der Waals surface area contributed by atoms with E-state index in [1.807, 2.05) is 29.2 Å². The summed E-state index contributed by atoms with van der Waals surface area (Å²) < 4.78 is 10.5. The second kappa shape index (κ2) is 10.2. The maximum absolute atomic E-state index is 12.6. The largest absolute Gasteiger partial charge is 0.497 e.